The lowest BCUT2D eigenvalue weighted by Crippen LogP contribution is -2.43. The van der Waals surface area contributed by atoms with Crippen LogP contribution in [0.1, 0.15) is 34.0 Å². The summed E-state index contributed by atoms with van der Waals surface area (Å²) in [6.07, 6.45) is 1.17. The number of amides is 1. The summed E-state index contributed by atoms with van der Waals surface area (Å²) in [5, 5.41) is 8.91. The van der Waals surface area contributed by atoms with E-state index in [2.05, 4.69) is 19.1 Å². The summed E-state index contributed by atoms with van der Waals surface area (Å²) >= 11 is 0. The first-order valence-electron chi connectivity index (χ1n) is 7.73. The number of carboxylic acids is 1. The van der Waals surface area contributed by atoms with Gasteiger partial charge < -0.3 is 10.0 Å². The van der Waals surface area contributed by atoms with Gasteiger partial charge in [-0.05, 0) is 42.2 Å². The second-order valence-corrected chi connectivity index (χ2v) is 6.02. The number of aromatic carboxylic acids is 1. The Morgan fingerprint density at radius 2 is 1.74 bits per heavy atom. The third-order valence-corrected chi connectivity index (χ3v) is 4.38. The SMILES string of the molecule is CC1Cc2ccccc2CN1C(=O)Cc1ccc(C(=O)O)cc1. The van der Waals surface area contributed by atoms with E-state index in [4.69, 9.17) is 5.11 Å². The van der Waals surface area contributed by atoms with Crippen molar-refractivity contribution >= 4 is 11.9 Å². The van der Waals surface area contributed by atoms with Crippen molar-refractivity contribution < 1.29 is 14.7 Å². The van der Waals surface area contributed by atoms with Crippen molar-refractivity contribution in [2.45, 2.75) is 32.4 Å². The molecule has 0 fully saturated rings. The van der Waals surface area contributed by atoms with Gasteiger partial charge in [-0.15, -0.1) is 0 Å². The van der Waals surface area contributed by atoms with Gasteiger partial charge in [0.15, 0.2) is 0 Å². The molecule has 0 bridgehead atoms. The molecule has 4 nitrogen and oxygen atoms in total. The summed E-state index contributed by atoms with van der Waals surface area (Å²) in [6.45, 7) is 2.71. The molecule has 1 N–H and O–H groups in total. The van der Waals surface area contributed by atoms with Crippen LogP contribution in [0.25, 0.3) is 0 Å². The first-order chi connectivity index (χ1) is 11.0. The van der Waals surface area contributed by atoms with E-state index in [0.717, 1.165) is 12.0 Å². The van der Waals surface area contributed by atoms with Crippen LogP contribution in [0.15, 0.2) is 48.5 Å². The van der Waals surface area contributed by atoms with Crippen molar-refractivity contribution in [3.63, 3.8) is 0 Å². The molecule has 3 rings (SSSR count). The topological polar surface area (TPSA) is 57.6 Å². The lowest BCUT2D eigenvalue weighted by atomic mass is 9.94. The Bertz CT molecular complexity index is 737. The summed E-state index contributed by atoms with van der Waals surface area (Å²) in [7, 11) is 0. The van der Waals surface area contributed by atoms with Crippen LogP contribution in [0.3, 0.4) is 0 Å². The highest BCUT2D eigenvalue weighted by molar-refractivity contribution is 5.87. The van der Waals surface area contributed by atoms with Gasteiger partial charge in [-0.25, -0.2) is 4.79 Å². The molecule has 2 aromatic carbocycles. The third-order valence-electron chi connectivity index (χ3n) is 4.38. The van der Waals surface area contributed by atoms with Crippen LogP contribution < -0.4 is 0 Å². The van der Waals surface area contributed by atoms with E-state index in [1.165, 1.54) is 11.1 Å². The van der Waals surface area contributed by atoms with Crippen LogP contribution >= 0.6 is 0 Å². The summed E-state index contributed by atoms with van der Waals surface area (Å²) in [5.41, 5.74) is 3.60. The minimum absolute atomic E-state index is 0.0788. The second-order valence-electron chi connectivity index (χ2n) is 6.02. The zero-order valence-corrected chi connectivity index (χ0v) is 13.0. The average Bonchev–Trinajstić information content (AvgIpc) is 2.54. The first-order valence-corrected chi connectivity index (χ1v) is 7.73. The molecule has 23 heavy (non-hydrogen) atoms. The second kappa shape index (κ2) is 6.24. The maximum absolute atomic E-state index is 12.6. The van der Waals surface area contributed by atoms with Crippen molar-refractivity contribution in [2.24, 2.45) is 0 Å². The Morgan fingerprint density at radius 1 is 1.09 bits per heavy atom. The molecule has 2 aromatic rings. The summed E-state index contributed by atoms with van der Waals surface area (Å²) < 4.78 is 0. The molecule has 4 heteroatoms. The smallest absolute Gasteiger partial charge is 0.335 e. The molecular formula is C19H19NO3. The van der Waals surface area contributed by atoms with E-state index < -0.39 is 5.97 Å². The van der Waals surface area contributed by atoms with Gasteiger partial charge in [0.25, 0.3) is 0 Å². The quantitative estimate of drug-likeness (QED) is 0.948. The molecule has 1 amide bonds. The number of carbonyl (C=O) groups excluding carboxylic acids is 1. The molecular weight excluding hydrogens is 290 g/mol. The number of hydrogen-bond acceptors (Lipinski definition) is 2. The van der Waals surface area contributed by atoms with Crippen molar-refractivity contribution in [1.29, 1.82) is 0 Å². The highest BCUT2D eigenvalue weighted by Crippen LogP contribution is 2.23. The first kappa shape index (κ1) is 15.3. The molecule has 1 atom stereocenters. The Morgan fingerprint density at radius 3 is 2.39 bits per heavy atom. The molecule has 0 saturated heterocycles. The van der Waals surface area contributed by atoms with Crippen LogP contribution in [0.5, 0.6) is 0 Å². The molecule has 1 aliphatic rings. The summed E-state index contributed by atoms with van der Waals surface area (Å²) in [5.74, 6) is -0.876. The molecule has 0 saturated carbocycles. The Balaban J connectivity index is 1.72. The van der Waals surface area contributed by atoms with Crippen molar-refractivity contribution in [3.8, 4) is 0 Å². The van der Waals surface area contributed by atoms with Gasteiger partial charge in [0.2, 0.25) is 5.91 Å². The van der Waals surface area contributed by atoms with E-state index in [1.54, 1.807) is 24.3 Å². The average molecular weight is 309 g/mol. The zero-order chi connectivity index (χ0) is 16.4. The third kappa shape index (κ3) is 3.26. The predicted octanol–water partition coefficient (Wildman–Crippen LogP) is 2.90. The number of carboxylic acid groups (broad SMARTS) is 1. The van der Waals surface area contributed by atoms with Gasteiger partial charge in [0.05, 0.1) is 12.0 Å². The highest BCUT2D eigenvalue weighted by Gasteiger charge is 2.26. The highest BCUT2D eigenvalue weighted by atomic mass is 16.4. The molecule has 0 aliphatic carbocycles. The minimum atomic E-state index is -0.955. The maximum Gasteiger partial charge on any atom is 0.335 e. The van der Waals surface area contributed by atoms with E-state index in [9.17, 15) is 9.59 Å². The summed E-state index contributed by atoms with van der Waals surface area (Å²) in [6, 6.07) is 14.9. The minimum Gasteiger partial charge on any atom is -0.478 e. The molecule has 1 aliphatic heterocycles. The van der Waals surface area contributed by atoms with E-state index in [1.807, 2.05) is 17.0 Å². The summed E-state index contributed by atoms with van der Waals surface area (Å²) in [4.78, 5) is 25.4. The lowest BCUT2D eigenvalue weighted by Gasteiger charge is -2.35. The van der Waals surface area contributed by atoms with Gasteiger partial charge in [-0.1, -0.05) is 36.4 Å². The van der Waals surface area contributed by atoms with Gasteiger partial charge in [0, 0.05) is 12.6 Å². The number of fused-ring (bicyclic) bond motifs is 1. The number of carbonyl (C=O) groups is 2. The van der Waals surface area contributed by atoms with Gasteiger partial charge in [0.1, 0.15) is 0 Å². The van der Waals surface area contributed by atoms with E-state index in [-0.39, 0.29) is 17.5 Å². The molecule has 0 spiro atoms. The van der Waals surface area contributed by atoms with Crippen LogP contribution in [0, 0.1) is 0 Å². The molecule has 1 unspecified atom stereocenters. The number of benzene rings is 2. The maximum atomic E-state index is 12.6. The van der Waals surface area contributed by atoms with Crippen molar-refractivity contribution in [2.75, 3.05) is 0 Å². The fraction of sp³-hybridized carbons (Fsp3) is 0.263. The van der Waals surface area contributed by atoms with Gasteiger partial charge in [-0.2, -0.15) is 0 Å². The van der Waals surface area contributed by atoms with Crippen LogP contribution in [-0.2, 0) is 24.2 Å². The predicted molar refractivity (Wildman–Crippen MR) is 87.3 cm³/mol. The fourth-order valence-electron chi connectivity index (χ4n) is 3.05. The zero-order valence-electron chi connectivity index (χ0n) is 13.0. The molecule has 1 heterocycles. The van der Waals surface area contributed by atoms with Crippen molar-refractivity contribution in [3.05, 3.63) is 70.8 Å². The molecule has 0 radical (unpaired) electrons. The lowest BCUT2D eigenvalue weighted by molar-refractivity contribution is -0.133. The van der Waals surface area contributed by atoms with Gasteiger partial charge in [-0.3, -0.25) is 4.79 Å². The largest absolute Gasteiger partial charge is 0.478 e. The Kier molecular flexibility index (Phi) is 4.15. The molecule has 0 aromatic heterocycles. The van der Waals surface area contributed by atoms with E-state index >= 15 is 0 Å². The normalized spacial score (nSPS) is 16.7. The van der Waals surface area contributed by atoms with Crippen LogP contribution in [0.4, 0.5) is 0 Å². The number of rotatable bonds is 3. The van der Waals surface area contributed by atoms with Gasteiger partial charge >= 0.3 is 5.97 Å². The fourth-order valence-corrected chi connectivity index (χ4v) is 3.05. The van der Waals surface area contributed by atoms with Crippen LogP contribution in [0.2, 0.25) is 0 Å². The monoisotopic (exact) mass is 309 g/mol. The van der Waals surface area contributed by atoms with E-state index in [0.29, 0.717) is 13.0 Å². The Labute approximate surface area is 135 Å². The number of hydrogen-bond donors (Lipinski definition) is 1. The van der Waals surface area contributed by atoms with Crippen molar-refractivity contribution in [1.82, 2.24) is 4.90 Å². The van der Waals surface area contributed by atoms with Crippen LogP contribution in [-0.4, -0.2) is 27.9 Å². The molecule has 118 valence electrons. The standard InChI is InChI=1S/C19H19NO3/c1-13-10-16-4-2-3-5-17(16)12-20(13)18(21)11-14-6-8-15(9-7-14)19(22)23/h2-9,13H,10-12H2,1H3,(H,22,23). The Hall–Kier alpha value is -2.62. The number of nitrogens with zero attached hydrogens (tertiary/aromatic N) is 1.